The van der Waals surface area contributed by atoms with E-state index in [1.807, 2.05) is 0 Å². The van der Waals surface area contributed by atoms with Gasteiger partial charge in [0.05, 0.1) is 26.9 Å². The van der Waals surface area contributed by atoms with Crippen molar-refractivity contribution in [1.29, 1.82) is 0 Å². The molecular formula is C22H22F3NO6. The number of ether oxygens (including phenoxy) is 4. The number of carbonyl (C=O) groups is 2. The Balaban J connectivity index is 2.01. The summed E-state index contributed by atoms with van der Waals surface area (Å²) in [5.41, 5.74) is -0.203. The minimum Gasteiger partial charge on any atom is -0.496 e. The van der Waals surface area contributed by atoms with Crippen molar-refractivity contribution in [3.8, 4) is 17.2 Å². The molecular weight excluding hydrogens is 431 g/mol. The van der Waals surface area contributed by atoms with E-state index < -0.39 is 29.7 Å². The first-order valence-electron chi connectivity index (χ1n) is 9.25. The molecule has 2 aromatic rings. The quantitative estimate of drug-likeness (QED) is 0.474. The van der Waals surface area contributed by atoms with Gasteiger partial charge in [-0.3, -0.25) is 4.79 Å². The normalized spacial score (nSPS) is 12.2. The number of methoxy groups -OCH3 is 3. The fourth-order valence-corrected chi connectivity index (χ4v) is 2.59. The van der Waals surface area contributed by atoms with Crippen LogP contribution >= 0.6 is 0 Å². The predicted molar refractivity (Wildman–Crippen MR) is 111 cm³/mol. The summed E-state index contributed by atoms with van der Waals surface area (Å²) in [4.78, 5) is 24.3. The van der Waals surface area contributed by atoms with Crippen LogP contribution in [0.1, 0.15) is 18.1 Å². The highest BCUT2D eigenvalue weighted by Gasteiger charge is 2.30. The van der Waals surface area contributed by atoms with Crippen molar-refractivity contribution in [3.63, 3.8) is 0 Å². The average Bonchev–Trinajstić information content (AvgIpc) is 2.76. The van der Waals surface area contributed by atoms with Crippen LogP contribution in [0.25, 0.3) is 6.08 Å². The van der Waals surface area contributed by atoms with Gasteiger partial charge in [0.25, 0.3) is 5.91 Å². The Hall–Kier alpha value is -3.69. The highest BCUT2D eigenvalue weighted by Crippen LogP contribution is 2.35. The zero-order chi connectivity index (χ0) is 23.9. The lowest BCUT2D eigenvalue weighted by Crippen LogP contribution is -2.29. The van der Waals surface area contributed by atoms with Crippen LogP contribution in [0.4, 0.5) is 18.9 Å². The van der Waals surface area contributed by atoms with Crippen LogP contribution in [0.5, 0.6) is 17.2 Å². The van der Waals surface area contributed by atoms with E-state index in [0.29, 0.717) is 22.8 Å². The molecule has 0 saturated heterocycles. The van der Waals surface area contributed by atoms with E-state index in [1.54, 1.807) is 12.1 Å². The molecule has 0 aromatic heterocycles. The van der Waals surface area contributed by atoms with Crippen molar-refractivity contribution in [2.75, 3.05) is 26.6 Å². The summed E-state index contributed by atoms with van der Waals surface area (Å²) in [6.45, 7) is 1.34. The fourth-order valence-electron chi connectivity index (χ4n) is 2.59. The molecule has 0 aliphatic heterocycles. The van der Waals surface area contributed by atoms with Gasteiger partial charge in [0, 0.05) is 23.4 Å². The van der Waals surface area contributed by atoms with E-state index in [9.17, 15) is 22.8 Å². The molecule has 32 heavy (non-hydrogen) atoms. The third-order valence-corrected chi connectivity index (χ3v) is 4.28. The number of anilines is 1. The maximum atomic E-state index is 12.6. The molecule has 10 heteroatoms. The van der Waals surface area contributed by atoms with E-state index in [-0.39, 0.29) is 5.69 Å². The van der Waals surface area contributed by atoms with Crippen LogP contribution in [0.15, 0.2) is 42.5 Å². The van der Waals surface area contributed by atoms with Crippen molar-refractivity contribution in [2.45, 2.75) is 19.2 Å². The minimum absolute atomic E-state index is 0.136. The van der Waals surface area contributed by atoms with Gasteiger partial charge in [0.2, 0.25) is 0 Å². The second-order valence-electron chi connectivity index (χ2n) is 6.43. The molecule has 172 valence electrons. The Labute approximate surface area is 182 Å². The molecule has 1 atom stereocenters. The number of hydrogen-bond acceptors (Lipinski definition) is 6. The lowest BCUT2D eigenvalue weighted by Gasteiger charge is -2.13. The topological polar surface area (TPSA) is 83.1 Å². The molecule has 7 nitrogen and oxygen atoms in total. The van der Waals surface area contributed by atoms with Gasteiger partial charge < -0.3 is 24.3 Å². The van der Waals surface area contributed by atoms with Crippen LogP contribution in [-0.2, 0) is 20.5 Å². The molecule has 0 aliphatic carbocycles. The Morgan fingerprint density at radius 1 is 0.938 bits per heavy atom. The third kappa shape index (κ3) is 6.40. The standard InChI is InChI=1S/C22H22F3NO6/c1-13(21(28)26-16-8-6-15(7-9-16)22(23,24)25)32-20(27)10-5-14-11-18(30-3)19(31-4)12-17(14)29-2/h5-13H,1-4H3,(H,26,28)/b10-5+. The Kier molecular flexibility index (Phi) is 8.11. The number of nitrogens with one attached hydrogen (secondary N) is 1. The zero-order valence-corrected chi connectivity index (χ0v) is 17.8. The number of carbonyl (C=O) groups excluding carboxylic acids is 2. The van der Waals surface area contributed by atoms with Crippen LogP contribution in [0.2, 0.25) is 0 Å². The van der Waals surface area contributed by atoms with Crippen LogP contribution in [0.3, 0.4) is 0 Å². The molecule has 0 bridgehead atoms. The van der Waals surface area contributed by atoms with Gasteiger partial charge in [-0.05, 0) is 43.3 Å². The maximum absolute atomic E-state index is 12.6. The highest BCUT2D eigenvalue weighted by molar-refractivity contribution is 5.96. The smallest absolute Gasteiger partial charge is 0.416 e. The van der Waals surface area contributed by atoms with Crippen molar-refractivity contribution in [1.82, 2.24) is 0 Å². The molecule has 0 saturated carbocycles. The summed E-state index contributed by atoms with van der Waals surface area (Å²) in [6.07, 6.45) is -3.15. The van der Waals surface area contributed by atoms with Gasteiger partial charge in [-0.1, -0.05) is 0 Å². The van der Waals surface area contributed by atoms with Gasteiger partial charge >= 0.3 is 12.1 Å². The molecule has 0 aliphatic rings. The first-order valence-corrected chi connectivity index (χ1v) is 9.25. The second kappa shape index (κ2) is 10.6. The van der Waals surface area contributed by atoms with Crippen LogP contribution < -0.4 is 19.5 Å². The maximum Gasteiger partial charge on any atom is 0.416 e. The van der Waals surface area contributed by atoms with E-state index in [1.165, 1.54) is 34.3 Å². The predicted octanol–water partition coefficient (Wildman–Crippen LogP) is 4.31. The van der Waals surface area contributed by atoms with Gasteiger partial charge in [-0.2, -0.15) is 13.2 Å². The van der Waals surface area contributed by atoms with Crippen molar-refractivity contribution >= 4 is 23.6 Å². The van der Waals surface area contributed by atoms with Gasteiger partial charge in [-0.15, -0.1) is 0 Å². The van der Waals surface area contributed by atoms with Gasteiger partial charge in [0.15, 0.2) is 17.6 Å². The number of hydrogen-bond donors (Lipinski definition) is 1. The molecule has 2 rings (SSSR count). The molecule has 2 aromatic carbocycles. The molecule has 0 radical (unpaired) electrons. The van der Waals surface area contributed by atoms with Crippen LogP contribution in [-0.4, -0.2) is 39.3 Å². The summed E-state index contributed by atoms with van der Waals surface area (Å²) in [7, 11) is 4.38. The Morgan fingerprint density at radius 2 is 1.50 bits per heavy atom. The average molecular weight is 453 g/mol. The summed E-state index contributed by atoms with van der Waals surface area (Å²) < 4.78 is 58.5. The van der Waals surface area contributed by atoms with Crippen molar-refractivity contribution in [3.05, 3.63) is 53.6 Å². The Bertz CT molecular complexity index is 986. The number of esters is 1. The molecule has 1 N–H and O–H groups in total. The fraction of sp³-hybridized carbons (Fsp3) is 0.273. The van der Waals surface area contributed by atoms with Gasteiger partial charge in [0.1, 0.15) is 5.75 Å². The SMILES string of the molecule is COc1cc(OC)c(OC)cc1/C=C/C(=O)OC(C)C(=O)Nc1ccc(C(F)(F)F)cc1. The largest absolute Gasteiger partial charge is 0.496 e. The molecule has 0 spiro atoms. The molecule has 0 heterocycles. The van der Waals surface area contributed by atoms with E-state index in [2.05, 4.69) is 5.32 Å². The summed E-state index contributed by atoms with van der Waals surface area (Å²) in [5, 5.41) is 2.39. The first-order chi connectivity index (χ1) is 15.1. The number of rotatable bonds is 8. The van der Waals surface area contributed by atoms with Crippen molar-refractivity contribution < 1.29 is 41.7 Å². The van der Waals surface area contributed by atoms with Gasteiger partial charge in [-0.25, -0.2) is 4.79 Å². The first kappa shape index (κ1) is 24.6. The summed E-state index contributed by atoms with van der Waals surface area (Å²) in [5.74, 6) is -0.227. The Morgan fingerprint density at radius 3 is 2.03 bits per heavy atom. The van der Waals surface area contributed by atoms with E-state index >= 15 is 0 Å². The second-order valence-corrected chi connectivity index (χ2v) is 6.43. The molecule has 1 amide bonds. The number of alkyl halides is 3. The summed E-state index contributed by atoms with van der Waals surface area (Å²) >= 11 is 0. The number of amides is 1. The van der Waals surface area contributed by atoms with Crippen molar-refractivity contribution in [2.24, 2.45) is 0 Å². The lowest BCUT2D eigenvalue weighted by atomic mass is 10.1. The zero-order valence-electron chi connectivity index (χ0n) is 17.8. The lowest BCUT2D eigenvalue weighted by molar-refractivity contribution is -0.148. The number of benzene rings is 2. The van der Waals surface area contributed by atoms with E-state index in [4.69, 9.17) is 18.9 Å². The third-order valence-electron chi connectivity index (χ3n) is 4.28. The minimum atomic E-state index is -4.48. The molecule has 1 unspecified atom stereocenters. The number of halogens is 3. The summed E-state index contributed by atoms with van der Waals surface area (Å²) in [6, 6.07) is 7.08. The van der Waals surface area contributed by atoms with E-state index in [0.717, 1.165) is 30.3 Å². The highest BCUT2D eigenvalue weighted by atomic mass is 19.4. The van der Waals surface area contributed by atoms with Crippen LogP contribution in [0, 0.1) is 0 Å². The molecule has 0 fully saturated rings. The monoisotopic (exact) mass is 453 g/mol.